The van der Waals surface area contributed by atoms with Crippen molar-refractivity contribution >= 4 is 0 Å². The van der Waals surface area contributed by atoms with Gasteiger partial charge in [0.2, 0.25) is 0 Å². The molecule has 2 unspecified atom stereocenters. The van der Waals surface area contributed by atoms with Crippen LogP contribution >= 0.6 is 0 Å². The lowest BCUT2D eigenvalue weighted by Gasteiger charge is -2.36. The van der Waals surface area contributed by atoms with E-state index in [9.17, 15) is 0 Å². The molecule has 20 heavy (non-hydrogen) atoms. The van der Waals surface area contributed by atoms with Crippen LogP contribution in [0.4, 0.5) is 0 Å². The Labute approximate surface area is 121 Å². The number of benzene rings is 1. The summed E-state index contributed by atoms with van der Waals surface area (Å²) in [5.74, 6) is 2.97. The lowest BCUT2D eigenvalue weighted by atomic mass is 9.87. The van der Waals surface area contributed by atoms with Crippen LogP contribution in [0.1, 0.15) is 13.3 Å². The van der Waals surface area contributed by atoms with Gasteiger partial charge in [-0.25, -0.2) is 0 Å². The van der Waals surface area contributed by atoms with Crippen LogP contribution < -0.4 is 15.2 Å². The van der Waals surface area contributed by atoms with Gasteiger partial charge in [-0.3, -0.25) is 4.90 Å². The Balaban J connectivity index is 1.78. The standard InChI is InChI=1S/C16H26N2O2/c1-13-7-8-18(12-14(13)11-17)9-10-20-16-6-4-3-5-15(16)19-2/h3-6,13-14H,7-12,17H2,1-2H3. The van der Waals surface area contributed by atoms with Gasteiger partial charge in [-0.1, -0.05) is 19.1 Å². The largest absolute Gasteiger partial charge is 0.493 e. The van der Waals surface area contributed by atoms with Crippen molar-refractivity contribution in [3.05, 3.63) is 24.3 Å². The van der Waals surface area contributed by atoms with Crippen molar-refractivity contribution in [1.82, 2.24) is 4.90 Å². The summed E-state index contributed by atoms with van der Waals surface area (Å²) in [5.41, 5.74) is 5.84. The topological polar surface area (TPSA) is 47.7 Å². The first-order valence-electron chi connectivity index (χ1n) is 7.42. The van der Waals surface area contributed by atoms with Crippen molar-refractivity contribution in [2.75, 3.05) is 39.9 Å². The molecule has 0 aromatic heterocycles. The third-order valence-electron chi connectivity index (χ3n) is 4.24. The molecule has 2 atom stereocenters. The first-order chi connectivity index (χ1) is 9.74. The van der Waals surface area contributed by atoms with Gasteiger partial charge in [0.05, 0.1) is 7.11 Å². The number of piperidine rings is 1. The van der Waals surface area contributed by atoms with Crippen molar-refractivity contribution in [3.8, 4) is 11.5 Å². The normalized spacial score (nSPS) is 23.6. The zero-order valence-electron chi connectivity index (χ0n) is 12.5. The lowest BCUT2D eigenvalue weighted by molar-refractivity contribution is 0.114. The van der Waals surface area contributed by atoms with Gasteiger partial charge < -0.3 is 15.2 Å². The molecule has 1 aromatic carbocycles. The van der Waals surface area contributed by atoms with Crippen LogP contribution in [0.15, 0.2) is 24.3 Å². The van der Waals surface area contributed by atoms with E-state index in [2.05, 4.69) is 11.8 Å². The van der Waals surface area contributed by atoms with Crippen molar-refractivity contribution in [2.45, 2.75) is 13.3 Å². The van der Waals surface area contributed by atoms with Crippen molar-refractivity contribution in [1.29, 1.82) is 0 Å². The maximum atomic E-state index is 5.84. The second kappa shape index (κ2) is 7.50. The number of para-hydroxylation sites is 2. The third kappa shape index (κ3) is 3.87. The molecule has 4 heteroatoms. The Morgan fingerprint density at radius 1 is 1.30 bits per heavy atom. The van der Waals surface area contributed by atoms with Crippen LogP contribution in [0.3, 0.4) is 0 Å². The van der Waals surface area contributed by atoms with Gasteiger partial charge in [-0.15, -0.1) is 0 Å². The van der Waals surface area contributed by atoms with Gasteiger partial charge in [-0.05, 0) is 43.5 Å². The van der Waals surface area contributed by atoms with Crippen molar-refractivity contribution < 1.29 is 9.47 Å². The molecule has 4 nitrogen and oxygen atoms in total. The van der Waals surface area contributed by atoms with Gasteiger partial charge in [0.1, 0.15) is 6.61 Å². The van der Waals surface area contributed by atoms with Gasteiger partial charge in [0.15, 0.2) is 11.5 Å². The van der Waals surface area contributed by atoms with Crippen LogP contribution in [0.25, 0.3) is 0 Å². The maximum Gasteiger partial charge on any atom is 0.161 e. The summed E-state index contributed by atoms with van der Waals surface area (Å²) in [4.78, 5) is 2.45. The Morgan fingerprint density at radius 3 is 2.75 bits per heavy atom. The first-order valence-corrected chi connectivity index (χ1v) is 7.42. The predicted molar refractivity (Wildman–Crippen MR) is 81.3 cm³/mol. The molecule has 0 saturated carbocycles. The van der Waals surface area contributed by atoms with Crippen LogP contribution in [0.5, 0.6) is 11.5 Å². The van der Waals surface area contributed by atoms with Gasteiger partial charge in [-0.2, -0.15) is 0 Å². The van der Waals surface area contributed by atoms with Gasteiger partial charge >= 0.3 is 0 Å². The first kappa shape index (κ1) is 15.1. The van der Waals surface area contributed by atoms with E-state index in [0.717, 1.165) is 43.6 Å². The number of ether oxygens (including phenoxy) is 2. The molecular weight excluding hydrogens is 252 g/mol. The van der Waals surface area contributed by atoms with E-state index in [-0.39, 0.29) is 0 Å². The molecule has 1 aliphatic heterocycles. The van der Waals surface area contributed by atoms with Crippen molar-refractivity contribution in [3.63, 3.8) is 0 Å². The van der Waals surface area contributed by atoms with Gasteiger partial charge in [0, 0.05) is 13.1 Å². The van der Waals surface area contributed by atoms with Gasteiger partial charge in [0.25, 0.3) is 0 Å². The highest BCUT2D eigenvalue weighted by atomic mass is 16.5. The van der Waals surface area contributed by atoms with E-state index in [4.69, 9.17) is 15.2 Å². The molecule has 2 rings (SSSR count). The SMILES string of the molecule is COc1ccccc1OCCN1CCC(C)C(CN)C1. The molecule has 0 aliphatic carbocycles. The molecule has 0 spiro atoms. The number of methoxy groups -OCH3 is 1. The Kier molecular flexibility index (Phi) is 5.68. The zero-order valence-corrected chi connectivity index (χ0v) is 12.5. The average molecular weight is 278 g/mol. The highest BCUT2D eigenvalue weighted by Crippen LogP contribution is 2.26. The van der Waals surface area contributed by atoms with E-state index in [1.54, 1.807) is 7.11 Å². The summed E-state index contributed by atoms with van der Waals surface area (Å²) in [7, 11) is 1.67. The molecule has 2 N–H and O–H groups in total. The molecule has 0 amide bonds. The monoisotopic (exact) mass is 278 g/mol. The molecule has 1 heterocycles. The maximum absolute atomic E-state index is 5.84. The lowest BCUT2D eigenvalue weighted by Crippen LogP contribution is -2.44. The highest BCUT2D eigenvalue weighted by Gasteiger charge is 2.24. The Bertz CT molecular complexity index is 411. The number of hydrogen-bond acceptors (Lipinski definition) is 4. The fraction of sp³-hybridized carbons (Fsp3) is 0.625. The molecule has 1 fully saturated rings. The minimum atomic E-state index is 0.620. The highest BCUT2D eigenvalue weighted by molar-refractivity contribution is 5.39. The Morgan fingerprint density at radius 2 is 2.05 bits per heavy atom. The fourth-order valence-electron chi connectivity index (χ4n) is 2.76. The molecule has 1 aliphatic rings. The van der Waals surface area contributed by atoms with E-state index in [1.807, 2.05) is 24.3 Å². The molecule has 1 aromatic rings. The smallest absolute Gasteiger partial charge is 0.161 e. The summed E-state index contributed by atoms with van der Waals surface area (Å²) < 4.78 is 11.1. The quantitative estimate of drug-likeness (QED) is 0.864. The Hall–Kier alpha value is -1.26. The van der Waals surface area contributed by atoms with Crippen molar-refractivity contribution in [2.24, 2.45) is 17.6 Å². The number of nitrogens with zero attached hydrogens (tertiary/aromatic N) is 1. The molecule has 112 valence electrons. The minimum absolute atomic E-state index is 0.620. The number of rotatable bonds is 6. The van der Waals surface area contributed by atoms with Crippen LogP contribution in [0, 0.1) is 11.8 Å². The second-order valence-electron chi connectivity index (χ2n) is 5.56. The molecule has 0 bridgehead atoms. The zero-order chi connectivity index (χ0) is 14.4. The number of hydrogen-bond donors (Lipinski definition) is 1. The molecular formula is C16H26N2O2. The number of likely N-dealkylation sites (tertiary alicyclic amines) is 1. The summed E-state index contributed by atoms with van der Waals surface area (Å²) in [5, 5.41) is 0. The summed E-state index contributed by atoms with van der Waals surface area (Å²) in [6.45, 7) is 6.96. The van der Waals surface area contributed by atoms with E-state index >= 15 is 0 Å². The van der Waals surface area contributed by atoms with E-state index in [1.165, 1.54) is 6.42 Å². The van der Waals surface area contributed by atoms with Crippen LogP contribution in [-0.4, -0.2) is 44.8 Å². The van der Waals surface area contributed by atoms with Crippen LogP contribution in [-0.2, 0) is 0 Å². The molecule has 0 radical (unpaired) electrons. The summed E-state index contributed by atoms with van der Waals surface area (Å²) in [6, 6.07) is 7.77. The van der Waals surface area contributed by atoms with E-state index < -0.39 is 0 Å². The minimum Gasteiger partial charge on any atom is -0.493 e. The predicted octanol–water partition coefficient (Wildman–Crippen LogP) is 1.99. The molecule has 1 saturated heterocycles. The number of nitrogens with two attached hydrogens (primary N) is 1. The fourth-order valence-corrected chi connectivity index (χ4v) is 2.76. The van der Waals surface area contributed by atoms with Crippen LogP contribution in [0.2, 0.25) is 0 Å². The average Bonchev–Trinajstić information content (AvgIpc) is 2.49. The summed E-state index contributed by atoms with van der Waals surface area (Å²) >= 11 is 0. The third-order valence-corrected chi connectivity index (χ3v) is 4.24. The second-order valence-corrected chi connectivity index (χ2v) is 5.56. The van der Waals surface area contributed by atoms with E-state index in [0.29, 0.717) is 12.5 Å². The summed E-state index contributed by atoms with van der Waals surface area (Å²) in [6.07, 6.45) is 1.23.